The van der Waals surface area contributed by atoms with Crippen molar-refractivity contribution in [2.75, 3.05) is 19.3 Å². The largest absolute Gasteiger partial charge is 0.440 e. The van der Waals surface area contributed by atoms with Crippen LogP contribution in [0.2, 0.25) is 0 Å². The van der Waals surface area contributed by atoms with Crippen LogP contribution < -0.4 is 0 Å². The van der Waals surface area contributed by atoms with Gasteiger partial charge in [-0.1, -0.05) is 18.2 Å². The minimum atomic E-state index is -3.47. The van der Waals surface area contributed by atoms with Crippen LogP contribution in [0.1, 0.15) is 22.5 Å². The number of amides is 1. The fourth-order valence-electron chi connectivity index (χ4n) is 2.57. The lowest BCUT2D eigenvalue weighted by Gasteiger charge is -2.25. The standard InChI is InChI=1S/C17H16FNO4S/c1-24(21,22)16-7-6-15(23-16)17(20)19-10-8-13(9-11-19)12-2-4-14(18)5-3-12/h2-8H,9-11H2,1H3. The molecule has 0 bridgehead atoms. The number of furan rings is 1. The van der Waals surface area contributed by atoms with Crippen molar-refractivity contribution in [1.29, 1.82) is 0 Å². The zero-order valence-corrected chi connectivity index (χ0v) is 13.8. The molecular weight excluding hydrogens is 333 g/mol. The van der Waals surface area contributed by atoms with E-state index >= 15 is 0 Å². The first-order chi connectivity index (χ1) is 11.3. The summed E-state index contributed by atoms with van der Waals surface area (Å²) in [5.74, 6) is -0.625. The highest BCUT2D eigenvalue weighted by atomic mass is 32.2. The summed E-state index contributed by atoms with van der Waals surface area (Å²) >= 11 is 0. The molecule has 7 heteroatoms. The van der Waals surface area contributed by atoms with Gasteiger partial charge in [0.1, 0.15) is 5.82 Å². The van der Waals surface area contributed by atoms with Crippen LogP contribution in [0.4, 0.5) is 4.39 Å². The summed E-state index contributed by atoms with van der Waals surface area (Å²) < 4.78 is 40.9. The Labute approximate surface area is 139 Å². The Morgan fingerprint density at radius 2 is 1.88 bits per heavy atom. The second-order valence-electron chi connectivity index (χ2n) is 5.63. The quantitative estimate of drug-likeness (QED) is 0.854. The zero-order chi connectivity index (χ0) is 17.3. The maximum Gasteiger partial charge on any atom is 0.289 e. The monoisotopic (exact) mass is 349 g/mol. The summed E-state index contributed by atoms with van der Waals surface area (Å²) in [6, 6.07) is 8.89. The highest BCUT2D eigenvalue weighted by Crippen LogP contribution is 2.24. The van der Waals surface area contributed by atoms with E-state index in [4.69, 9.17) is 4.42 Å². The number of nitrogens with zero attached hydrogens (tertiary/aromatic N) is 1. The van der Waals surface area contributed by atoms with Crippen LogP contribution in [0.25, 0.3) is 5.57 Å². The third-order valence-corrected chi connectivity index (χ3v) is 4.82. The smallest absolute Gasteiger partial charge is 0.289 e. The number of hydrogen-bond acceptors (Lipinski definition) is 4. The molecule has 1 aromatic heterocycles. The predicted molar refractivity (Wildman–Crippen MR) is 86.7 cm³/mol. The Balaban J connectivity index is 1.73. The van der Waals surface area contributed by atoms with Gasteiger partial charge in [0.15, 0.2) is 5.76 Å². The van der Waals surface area contributed by atoms with Crippen molar-refractivity contribution < 1.29 is 22.0 Å². The lowest BCUT2D eigenvalue weighted by atomic mass is 9.99. The minimum absolute atomic E-state index is 0.00839. The average molecular weight is 349 g/mol. The summed E-state index contributed by atoms with van der Waals surface area (Å²) in [6.45, 7) is 0.872. The zero-order valence-electron chi connectivity index (χ0n) is 13.0. The molecule has 2 aromatic rings. The van der Waals surface area contributed by atoms with Crippen molar-refractivity contribution in [3.05, 3.63) is 59.6 Å². The molecule has 1 aromatic carbocycles. The molecule has 3 rings (SSSR count). The fraction of sp³-hybridized carbons (Fsp3) is 0.235. The molecule has 126 valence electrons. The normalized spacial score (nSPS) is 15.2. The molecule has 0 saturated heterocycles. The summed E-state index contributed by atoms with van der Waals surface area (Å²) in [7, 11) is -3.47. The summed E-state index contributed by atoms with van der Waals surface area (Å²) in [5, 5.41) is -0.217. The molecule has 0 unspecified atom stereocenters. The van der Waals surface area contributed by atoms with E-state index in [9.17, 15) is 17.6 Å². The van der Waals surface area contributed by atoms with Gasteiger partial charge in [-0.3, -0.25) is 4.79 Å². The van der Waals surface area contributed by atoms with Crippen molar-refractivity contribution in [1.82, 2.24) is 4.90 Å². The van der Waals surface area contributed by atoms with Crippen molar-refractivity contribution >= 4 is 21.3 Å². The molecule has 0 atom stereocenters. The van der Waals surface area contributed by atoms with Crippen LogP contribution in [0.15, 0.2) is 52.0 Å². The number of halogens is 1. The van der Waals surface area contributed by atoms with E-state index in [1.807, 2.05) is 6.08 Å². The van der Waals surface area contributed by atoms with Gasteiger partial charge in [-0.25, -0.2) is 12.8 Å². The van der Waals surface area contributed by atoms with E-state index in [1.54, 1.807) is 17.0 Å². The van der Waals surface area contributed by atoms with Gasteiger partial charge in [0.2, 0.25) is 14.9 Å². The van der Waals surface area contributed by atoms with Gasteiger partial charge in [0, 0.05) is 19.3 Å². The summed E-state index contributed by atoms with van der Waals surface area (Å²) in [5.41, 5.74) is 1.98. The van der Waals surface area contributed by atoms with Gasteiger partial charge in [0.05, 0.1) is 0 Å². The third kappa shape index (κ3) is 3.41. The van der Waals surface area contributed by atoms with Crippen LogP contribution in [-0.2, 0) is 9.84 Å². The first-order valence-electron chi connectivity index (χ1n) is 7.39. The van der Waals surface area contributed by atoms with Crippen molar-refractivity contribution in [3.8, 4) is 0 Å². The topological polar surface area (TPSA) is 67.6 Å². The van der Waals surface area contributed by atoms with Crippen LogP contribution in [-0.4, -0.2) is 38.6 Å². The molecule has 24 heavy (non-hydrogen) atoms. The number of rotatable bonds is 3. The molecule has 0 aliphatic carbocycles. The van der Waals surface area contributed by atoms with Gasteiger partial charge in [0.25, 0.3) is 5.91 Å². The molecule has 1 aliphatic rings. The first kappa shape index (κ1) is 16.4. The van der Waals surface area contributed by atoms with Crippen LogP contribution in [0.5, 0.6) is 0 Å². The Hall–Kier alpha value is -2.41. The molecule has 5 nitrogen and oxygen atoms in total. The highest BCUT2D eigenvalue weighted by molar-refractivity contribution is 7.90. The highest BCUT2D eigenvalue weighted by Gasteiger charge is 2.23. The van der Waals surface area contributed by atoms with Crippen molar-refractivity contribution in [2.45, 2.75) is 11.5 Å². The SMILES string of the molecule is CS(=O)(=O)c1ccc(C(=O)N2CC=C(c3ccc(F)cc3)CC2)o1. The van der Waals surface area contributed by atoms with E-state index in [0.717, 1.165) is 17.4 Å². The number of carbonyl (C=O) groups is 1. The van der Waals surface area contributed by atoms with Crippen molar-refractivity contribution in [2.24, 2.45) is 0 Å². The second kappa shape index (κ2) is 6.24. The Morgan fingerprint density at radius 1 is 1.17 bits per heavy atom. The van der Waals surface area contributed by atoms with Gasteiger partial charge >= 0.3 is 0 Å². The Kier molecular flexibility index (Phi) is 4.28. The average Bonchev–Trinajstić information content (AvgIpc) is 3.05. The number of sulfone groups is 1. The lowest BCUT2D eigenvalue weighted by Crippen LogP contribution is -2.34. The molecule has 0 N–H and O–H groups in total. The second-order valence-corrected chi connectivity index (χ2v) is 7.57. The molecule has 0 saturated carbocycles. The minimum Gasteiger partial charge on any atom is -0.440 e. The van der Waals surface area contributed by atoms with Crippen LogP contribution in [0.3, 0.4) is 0 Å². The molecule has 0 radical (unpaired) electrons. The summed E-state index contributed by atoms with van der Waals surface area (Å²) in [6.07, 6.45) is 3.57. The van der Waals surface area contributed by atoms with E-state index in [-0.39, 0.29) is 22.6 Å². The molecule has 0 spiro atoms. The lowest BCUT2D eigenvalue weighted by molar-refractivity contribution is 0.0735. The number of carbonyl (C=O) groups excluding carboxylic acids is 1. The van der Waals surface area contributed by atoms with Gasteiger partial charge < -0.3 is 9.32 Å². The van der Waals surface area contributed by atoms with Gasteiger partial charge in [-0.05, 0) is 41.8 Å². The molecule has 1 aliphatic heterocycles. The first-order valence-corrected chi connectivity index (χ1v) is 9.28. The van der Waals surface area contributed by atoms with Crippen LogP contribution in [0, 0.1) is 5.82 Å². The van der Waals surface area contributed by atoms with Gasteiger partial charge in [-0.2, -0.15) is 0 Å². The van der Waals surface area contributed by atoms with E-state index in [0.29, 0.717) is 19.5 Å². The molecule has 2 heterocycles. The molecule has 0 fully saturated rings. The van der Waals surface area contributed by atoms with Crippen LogP contribution >= 0.6 is 0 Å². The molecule has 1 amide bonds. The van der Waals surface area contributed by atoms with E-state index < -0.39 is 9.84 Å². The molecular formula is C17H16FNO4S. The summed E-state index contributed by atoms with van der Waals surface area (Å²) in [4.78, 5) is 14.0. The van der Waals surface area contributed by atoms with Crippen molar-refractivity contribution in [3.63, 3.8) is 0 Å². The number of benzene rings is 1. The Bertz CT molecular complexity index is 897. The predicted octanol–water partition coefficient (Wildman–Crippen LogP) is 2.75. The third-order valence-electron chi connectivity index (χ3n) is 3.87. The Morgan fingerprint density at radius 3 is 2.42 bits per heavy atom. The van der Waals surface area contributed by atoms with E-state index in [1.165, 1.54) is 24.3 Å². The number of hydrogen-bond donors (Lipinski definition) is 0. The maximum absolute atomic E-state index is 13.0. The van der Waals surface area contributed by atoms with Gasteiger partial charge in [-0.15, -0.1) is 0 Å². The maximum atomic E-state index is 13.0. The van der Waals surface area contributed by atoms with E-state index in [2.05, 4.69) is 0 Å². The fourth-order valence-corrected chi connectivity index (χ4v) is 3.13.